The molecule has 0 aliphatic heterocycles. The molecule has 0 radical (unpaired) electrons. The van der Waals surface area contributed by atoms with Gasteiger partial charge in [-0.2, -0.15) is 0 Å². The molecule has 1 unspecified atom stereocenters. The lowest BCUT2D eigenvalue weighted by molar-refractivity contribution is -0.137. The predicted molar refractivity (Wildman–Crippen MR) is 66.6 cm³/mol. The van der Waals surface area contributed by atoms with E-state index in [-0.39, 0.29) is 18.4 Å². The maximum Gasteiger partial charge on any atom is 0.303 e. The molecule has 0 spiro atoms. The van der Waals surface area contributed by atoms with Crippen molar-refractivity contribution in [3.63, 3.8) is 0 Å². The molecule has 0 saturated heterocycles. The second-order valence-corrected chi connectivity index (χ2v) is 4.52. The van der Waals surface area contributed by atoms with Gasteiger partial charge in [-0.15, -0.1) is 0 Å². The van der Waals surface area contributed by atoms with Crippen LogP contribution in [0, 0.1) is 0 Å². The molecule has 0 aromatic carbocycles. The van der Waals surface area contributed by atoms with Crippen LogP contribution in [0.25, 0.3) is 0 Å². The van der Waals surface area contributed by atoms with E-state index in [2.05, 4.69) is 5.32 Å². The monoisotopic (exact) mass is 244 g/mol. The average molecular weight is 244 g/mol. The highest BCUT2D eigenvalue weighted by molar-refractivity contribution is 5.86. The fraction of sp³-hybridized carbons (Fsp3) is 0.833. The highest BCUT2D eigenvalue weighted by atomic mass is 16.4. The molecule has 1 atom stereocenters. The maximum atomic E-state index is 11.9. The molecule has 0 fully saturated rings. The molecule has 0 bridgehead atoms. The standard InChI is InChI=1S/C12H24N2O3/c1-4-12(13,5-2)11(17)14-9(3)7-6-8-10(15)16/h9H,4-8,13H2,1-3H3,(H,14,17)(H,15,16). The third kappa shape index (κ3) is 5.68. The van der Waals surface area contributed by atoms with Crippen LogP contribution < -0.4 is 11.1 Å². The topological polar surface area (TPSA) is 92.4 Å². The van der Waals surface area contributed by atoms with Gasteiger partial charge in [-0.3, -0.25) is 9.59 Å². The van der Waals surface area contributed by atoms with Gasteiger partial charge in [0.05, 0.1) is 5.54 Å². The van der Waals surface area contributed by atoms with Crippen LogP contribution in [0.2, 0.25) is 0 Å². The Morgan fingerprint density at radius 3 is 2.29 bits per heavy atom. The maximum absolute atomic E-state index is 11.9. The third-order valence-electron chi connectivity index (χ3n) is 3.12. The van der Waals surface area contributed by atoms with Crippen LogP contribution in [0.1, 0.15) is 52.9 Å². The second-order valence-electron chi connectivity index (χ2n) is 4.52. The van der Waals surface area contributed by atoms with Crippen molar-refractivity contribution >= 4 is 11.9 Å². The molecule has 0 saturated carbocycles. The number of carboxylic acid groups (broad SMARTS) is 1. The Morgan fingerprint density at radius 2 is 1.88 bits per heavy atom. The first kappa shape index (κ1) is 15.9. The number of nitrogens with one attached hydrogen (secondary N) is 1. The van der Waals surface area contributed by atoms with Crippen molar-refractivity contribution in [3.8, 4) is 0 Å². The molecule has 0 aromatic heterocycles. The zero-order valence-corrected chi connectivity index (χ0v) is 11.0. The Balaban J connectivity index is 4.07. The van der Waals surface area contributed by atoms with Crippen molar-refractivity contribution in [3.05, 3.63) is 0 Å². The van der Waals surface area contributed by atoms with Crippen molar-refractivity contribution in [2.75, 3.05) is 0 Å². The Morgan fingerprint density at radius 1 is 1.35 bits per heavy atom. The number of rotatable bonds is 8. The van der Waals surface area contributed by atoms with Gasteiger partial charge in [0.15, 0.2) is 0 Å². The van der Waals surface area contributed by atoms with E-state index >= 15 is 0 Å². The van der Waals surface area contributed by atoms with E-state index in [0.717, 1.165) is 0 Å². The summed E-state index contributed by atoms with van der Waals surface area (Å²) in [6, 6.07) is -0.0390. The van der Waals surface area contributed by atoms with E-state index in [4.69, 9.17) is 10.8 Å². The highest BCUT2D eigenvalue weighted by Gasteiger charge is 2.30. The molecule has 0 aliphatic rings. The van der Waals surface area contributed by atoms with Gasteiger partial charge in [-0.1, -0.05) is 13.8 Å². The summed E-state index contributed by atoms with van der Waals surface area (Å²) >= 11 is 0. The van der Waals surface area contributed by atoms with Crippen LogP contribution in [-0.4, -0.2) is 28.6 Å². The van der Waals surface area contributed by atoms with E-state index in [9.17, 15) is 9.59 Å². The minimum Gasteiger partial charge on any atom is -0.481 e. The molecule has 4 N–H and O–H groups in total. The largest absolute Gasteiger partial charge is 0.481 e. The average Bonchev–Trinajstić information content (AvgIpc) is 2.27. The highest BCUT2D eigenvalue weighted by Crippen LogP contribution is 2.12. The van der Waals surface area contributed by atoms with E-state index < -0.39 is 11.5 Å². The van der Waals surface area contributed by atoms with E-state index in [1.165, 1.54) is 0 Å². The Kier molecular flexibility index (Phi) is 6.80. The van der Waals surface area contributed by atoms with Gasteiger partial charge in [0.2, 0.25) is 5.91 Å². The van der Waals surface area contributed by atoms with Gasteiger partial charge >= 0.3 is 5.97 Å². The summed E-state index contributed by atoms with van der Waals surface area (Å²) in [5.41, 5.74) is 5.15. The number of carbonyl (C=O) groups excluding carboxylic acids is 1. The summed E-state index contributed by atoms with van der Waals surface area (Å²) in [4.78, 5) is 22.2. The first-order chi connectivity index (χ1) is 7.85. The minimum absolute atomic E-state index is 0.0390. The van der Waals surface area contributed by atoms with Crippen molar-refractivity contribution < 1.29 is 14.7 Å². The van der Waals surface area contributed by atoms with Crippen LogP contribution in [0.15, 0.2) is 0 Å². The van der Waals surface area contributed by atoms with E-state index in [0.29, 0.717) is 25.7 Å². The second kappa shape index (κ2) is 7.27. The van der Waals surface area contributed by atoms with E-state index in [1.54, 1.807) is 0 Å². The van der Waals surface area contributed by atoms with Crippen molar-refractivity contribution in [1.82, 2.24) is 5.32 Å². The fourth-order valence-corrected chi connectivity index (χ4v) is 1.57. The first-order valence-corrected chi connectivity index (χ1v) is 6.17. The summed E-state index contributed by atoms with van der Waals surface area (Å²) in [7, 11) is 0. The van der Waals surface area contributed by atoms with Crippen LogP contribution in [-0.2, 0) is 9.59 Å². The minimum atomic E-state index is -0.807. The number of nitrogens with two attached hydrogens (primary N) is 1. The molecule has 0 heterocycles. The molecule has 100 valence electrons. The molecular weight excluding hydrogens is 220 g/mol. The molecule has 1 amide bonds. The molecule has 5 nitrogen and oxygen atoms in total. The normalized spacial score (nSPS) is 13.2. The number of amides is 1. The quantitative estimate of drug-likeness (QED) is 0.599. The van der Waals surface area contributed by atoms with Crippen molar-refractivity contribution in [2.24, 2.45) is 5.73 Å². The number of carbonyl (C=O) groups is 2. The van der Waals surface area contributed by atoms with Crippen molar-refractivity contribution in [1.29, 1.82) is 0 Å². The first-order valence-electron chi connectivity index (χ1n) is 6.17. The summed E-state index contributed by atoms with van der Waals surface area (Å²) in [6.07, 6.45) is 2.54. The van der Waals surface area contributed by atoms with Gasteiger partial charge in [0.1, 0.15) is 0 Å². The van der Waals surface area contributed by atoms with Crippen LogP contribution in [0.3, 0.4) is 0 Å². The number of hydrogen-bond acceptors (Lipinski definition) is 3. The lowest BCUT2D eigenvalue weighted by Crippen LogP contribution is -2.55. The lowest BCUT2D eigenvalue weighted by Gasteiger charge is -2.27. The third-order valence-corrected chi connectivity index (χ3v) is 3.12. The molecule has 0 aromatic rings. The fourth-order valence-electron chi connectivity index (χ4n) is 1.57. The van der Waals surface area contributed by atoms with Gasteiger partial charge in [0, 0.05) is 12.5 Å². The number of hydrogen-bond donors (Lipinski definition) is 3. The molecular formula is C12H24N2O3. The number of carboxylic acids is 1. The number of aliphatic carboxylic acids is 1. The summed E-state index contributed by atoms with van der Waals surface area (Å²) in [5.74, 6) is -0.955. The Labute approximate surface area is 103 Å². The molecule has 5 heteroatoms. The molecule has 17 heavy (non-hydrogen) atoms. The molecule has 0 aliphatic carbocycles. The van der Waals surface area contributed by atoms with E-state index in [1.807, 2.05) is 20.8 Å². The summed E-state index contributed by atoms with van der Waals surface area (Å²) < 4.78 is 0. The summed E-state index contributed by atoms with van der Waals surface area (Å²) in [5, 5.41) is 11.3. The van der Waals surface area contributed by atoms with Gasteiger partial charge in [-0.25, -0.2) is 0 Å². The predicted octanol–water partition coefficient (Wildman–Crippen LogP) is 1.26. The van der Waals surface area contributed by atoms with Crippen LogP contribution in [0.5, 0.6) is 0 Å². The lowest BCUT2D eigenvalue weighted by atomic mass is 9.92. The van der Waals surface area contributed by atoms with Gasteiger partial charge in [0.25, 0.3) is 0 Å². The van der Waals surface area contributed by atoms with Gasteiger partial charge in [-0.05, 0) is 32.6 Å². The Bertz CT molecular complexity index is 262. The zero-order chi connectivity index (χ0) is 13.5. The van der Waals surface area contributed by atoms with Crippen LogP contribution in [0.4, 0.5) is 0 Å². The molecule has 0 rings (SSSR count). The van der Waals surface area contributed by atoms with Gasteiger partial charge < -0.3 is 16.2 Å². The van der Waals surface area contributed by atoms with Crippen LogP contribution >= 0.6 is 0 Å². The van der Waals surface area contributed by atoms with Crippen molar-refractivity contribution in [2.45, 2.75) is 64.5 Å². The smallest absolute Gasteiger partial charge is 0.303 e. The SMILES string of the molecule is CCC(N)(CC)C(=O)NC(C)CCCC(=O)O. The zero-order valence-electron chi connectivity index (χ0n) is 11.0. The Hall–Kier alpha value is -1.10. The summed E-state index contributed by atoms with van der Waals surface area (Å²) in [6.45, 7) is 5.64.